The van der Waals surface area contributed by atoms with Crippen molar-refractivity contribution in [1.29, 1.82) is 0 Å². The van der Waals surface area contributed by atoms with Crippen molar-refractivity contribution in [3.05, 3.63) is 90.5 Å². The summed E-state index contributed by atoms with van der Waals surface area (Å²) in [6.45, 7) is 4.48. The number of aryl methyl sites for hydroxylation is 1. The van der Waals surface area contributed by atoms with E-state index in [0.29, 0.717) is 0 Å². The maximum absolute atomic E-state index is 4.14. The molecule has 2 heterocycles. The van der Waals surface area contributed by atoms with Crippen molar-refractivity contribution in [2.75, 3.05) is 19.6 Å². The van der Waals surface area contributed by atoms with Crippen LogP contribution in [0.4, 0.5) is 0 Å². The predicted octanol–water partition coefficient (Wildman–Crippen LogP) is 4.36. The maximum atomic E-state index is 4.14. The smallest absolute Gasteiger partial charge is 0.0945 e. The van der Waals surface area contributed by atoms with Crippen molar-refractivity contribution in [3.63, 3.8) is 0 Å². The van der Waals surface area contributed by atoms with E-state index >= 15 is 0 Å². The van der Waals surface area contributed by atoms with Crippen molar-refractivity contribution in [2.24, 2.45) is 0 Å². The van der Waals surface area contributed by atoms with E-state index in [1.807, 2.05) is 12.5 Å². The molecule has 4 rings (SSSR count). The zero-order chi connectivity index (χ0) is 17.7. The van der Waals surface area contributed by atoms with E-state index < -0.39 is 0 Å². The van der Waals surface area contributed by atoms with Gasteiger partial charge in [0.15, 0.2) is 0 Å². The van der Waals surface area contributed by atoms with E-state index in [0.717, 1.165) is 26.1 Å². The lowest BCUT2D eigenvalue weighted by Gasteiger charge is -2.44. The topological polar surface area (TPSA) is 21.1 Å². The summed E-state index contributed by atoms with van der Waals surface area (Å²) in [7, 11) is 0. The summed E-state index contributed by atoms with van der Waals surface area (Å²) in [5.74, 6) is 0. The van der Waals surface area contributed by atoms with Crippen LogP contribution in [-0.4, -0.2) is 34.1 Å². The molecule has 2 aromatic carbocycles. The molecular weight excluding hydrogens is 318 g/mol. The lowest BCUT2D eigenvalue weighted by Crippen LogP contribution is -2.47. The van der Waals surface area contributed by atoms with Gasteiger partial charge in [0.05, 0.1) is 6.33 Å². The molecule has 0 radical (unpaired) electrons. The Labute approximate surface area is 156 Å². The van der Waals surface area contributed by atoms with Crippen LogP contribution in [0.2, 0.25) is 0 Å². The highest BCUT2D eigenvalue weighted by Crippen LogP contribution is 2.40. The first-order valence-electron chi connectivity index (χ1n) is 9.66. The molecule has 3 heteroatoms. The van der Waals surface area contributed by atoms with Crippen LogP contribution in [-0.2, 0) is 12.0 Å². The number of aromatic nitrogens is 2. The number of hydrogen-bond acceptors (Lipinski definition) is 2. The normalized spacial score (nSPS) is 17.2. The maximum Gasteiger partial charge on any atom is 0.0945 e. The lowest BCUT2D eigenvalue weighted by atomic mass is 9.69. The molecule has 0 saturated carbocycles. The van der Waals surface area contributed by atoms with E-state index in [4.69, 9.17) is 0 Å². The third-order valence-corrected chi connectivity index (χ3v) is 5.67. The quantitative estimate of drug-likeness (QED) is 0.662. The van der Waals surface area contributed by atoms with Crippen LogP contribution in [0.3, 0.4) is 0 Å². The fourth-order valence-corrected chi connectivity index (χ4v) is 4.38. The summed E-state index contributed by atoms with van der Waals surface area (Å²) >= 11 is 0. The third-order valence-electron chi connectivity index (χ3n) is 5.67. The summed E-state index contributed by atoms with van der Waals surface area (Å²) in [5.41, 5.74) is 3.01. The Kier molecular flexibility index (Phi) is 5.16. The molecule has 1 aliphatic heterocycles. The van der Waals surface area contributed by atoms with Gasteiger partial charge in [-0.2, -0.15) is 0 Å². The largest absolute Gasteiger partial charge is 0.337 e. The Morgan fingerprint density at radius 1 is 0.885 bits per heavy atom. The number of nitrogens with zero attached hydrogens (tertiary/aromatic N) is 3. The van der Waals surface area contributed by atoms with Gasteiger partial charge in [-0.15, -0.1) is 0 Å². The van der Waals surface area contributed by atoms with Crippen LogP contribution in [0.1, 0.15) is 30.4 Å². The minimum absolute atomic E-state index is 0.107. The molecule has 0 bridgehead atoms. The number of hydrogen-bond donors (Lipinski definition) is 0. The Balaban J connectivity index is 1.54. The first kappa shape index (κ1) is 17.0. The van der Waals surface area contributed by atoms with E-state index in [1.54, 1.807) is 0 Å². The zero-order valence-electron chi connectivity index (χ0n) is 15.3. The van der Waals surface area contributed by atoms with Crippen molar-refractivity contribution in [3.8, 4) is 0 Å². The van der Waals surface area contributed by atoms with Gasteiger partial charge in [-0.3, -0.25) is 0 Å². The molecular formula is C23H27N3. The van der Waals surface area contributed by atoms with Gasteiger partial charge >= 0.3 is 0 Å². The SMILES string of the molecule is c1ccc(C2(c3ccccc3)CCCN(CCCn3ccnc3)C2)cc1. The van der Waals surface area contributed by atoms with E-state index in [1.165, 1.54) is 30.5 Å². The number of imidazole rings is 1. The fourth-order valence-electron chi connectivity index (χ4n) is 4.38. The van der Waals surface area contributed by atoms with Gasteiger partial charge in [0.1, 0.15) is 0 Å². The molecule has 0 N–H and O–H groups in total. The second kappa shape index (κ2) is 7.88. The molecule has 0 spiro atoms. The fraction of sp³-hybridized carbons (Fsp3) is 0.348. The molecule has 3 aromatic rings. The van der Waals surface area contributed by atoms with Crippen molar-refractivity contribution in [1.82, 2.24) is 14.5 Å². The summed E-state index contributed by atoms with van der Waals surface area (Å²) in [6.07, 6.45) is 9.45. The molecule has 1 saturated heterocycles. The van der Waals surface area contributed by atoms with Crippen LogP contribution < -0.4 is 0 Å². The zero-order valence-corrected chi connectivity index (χ0v) is 15.3. The summed E-state index contributed by atoms with van der Waals surface area (Å²) < 4.78 is 2.17. The monoisotopic (exact) mass is 345 g/mol. The molecule has 0 atom stereocenters. The highest BCUT2D eigenvalue weighted by molar-refractivity contribution is 5.40. The second-order valence-corrected chi connectivity index (χ2v) is 7.35. The lowest BCUT2D eigenvalue weighted by molar-refractivity contribution is 0.165. The third kappa shape index (κ3) is 3.58. The van der Waals surface area contributed by atoms with Crippen molar-refractivity contribution >= 4 is 0 Å². The molecule has 1 fully saturated rings. The summed E-state index contributed by atoms with van der Waals surface area (Å²) in [4.78, 5) is 6.79. The van der Waals surface area contributed by atoms with Crippen LogP contribution in [0.5, 0.6) is 0 Å². The van der Waals surface area contributed by atoms with Crippen LogP contribution in [0.25, 0.3) is 0 Å². The number of likely N-dealkylation sites (tertiary alicyclic amines) is 1. The highest BCUT2D eigenvalue weighted by Gasteiger charge is 2.38. The minimum Gasteiger partial charge on any atom is -0.337 e. The van der Waals surface area contributed by atoms with E-state index in [-0.39, 0.29) is 5.41 Å². The number of benzene rings is 2. The highest BCUT2D eigenvalue weighted by atomic mass is 15.1. The first-order chi connectivity index (χ1) is 12.9. The molecule has 1 aromatic heterocycles. The van der Waals surface area contributed by atoms with Gasteiger partial charge < -0.3 is 9.47 Å². The molecule has 0 amide bonds. The average molecular weight is 345 g/mol. The molecule has 0 unspecified atom stereocenters. The van der Waals surface area contributed by atoms with Gasteiger partial charge in [0.2, 0.25) is 0 Å². The molecule has 26 heavy (non-hydrogen) atoms. The van der Waals surface area contributed by atoms with Gasteiger partial charge in [-0.1, -0.05) is 60.7 Å². The first-order valence-corrected chi connectivity index (χ1v) is 9.66. The van der Waals surface area contributed by atoms with Crippen LogP contribution >= 0.6 is 0 Å². The Morgan fingerprint density at radius 2 is 1.58 bits per heavy atom. The van der Waals surface area contributed by atoms with Gasteiger partial charge in [0, 0.05) is 30.9 Å². The van der Waals surface area contributed by atoms with E-state index in [2.05, 4.69) is 81.3 Å². The molecule has 1 aliphatic rings. The van der Waals surface area contributed by atoms with Crippen LogP contribution in [0, 0.1) is 0 Å². The van der Waals surface area contributed by atoms with E-state index in [9.17, 15) is 0 Å². The minimum atomic E-state index is 0.107. The summed E-state index contributed by atoms with van der Waals surface area (Å²) in [6, 6.07) is 22.2. The molecule has 3 nitrogen and oxygen atoms in total. The van der Waals surface area contributed by atoms with Gasteiger partial charge in [-0.05, 0) is 43.5 Å². The second-order valence-electron chi connectivity index (χ2n) is 7.35. The van der Waals surface area contributed by atoms with Crippen LogP contribution in [0.15, 0.2) is 79.4 Å². The van der Waals surface area contributed by atoms with Gasteiger partial charge in [-0.25, -0.2) is 4.98 Å². The van der Waals surface area contributed by atoms with Crippen molar-refractivity contribution < 1.29 is 0 Å². The average Bonchev–Trinajstić information content (AvgIpc) is 3.23. The Bertz CT molecular complexity index is 741. The molecule has 0 aliphatic carbocycles. The predicted molar refractivity (Wildman–Crippen MR) is 106 cm³/mol. The van der Waals surface area contributed by atoms with Gasteiger partial charge in [0.25, 0.3) is 0 Å². The Hall–Kier alpha value is -2.39. The van der Waals surface area contributed by atoms with Crippen molar-refractivity contribution in [2.45, 2.75) is 31.2 Å². The Morgan fingerprint density at radius 3 is 2.19 bits per heavy atom. The standard InChI is InChI=1S/C23H27N3/c1-3-9-21(10-4-1)23(22-11-5-2-6-12-22)13-7-15-25(19-23)16-8-17-26-18-14-24-20-26/h1-6,9-12,14,18,20H,7-8,13,15-17,19H2. The number of piperidine rings is 1. The number of rotatable bonds is 6. The molecule has 134 valence electrons. The summed E-state index contributed by atoms with van der Waals surface area (Å²) in [5, 5.41) is 0.